The van der Waals surface area contributed by atoms with Crippen molar-refractivity contribution < 1.29 is 9.59 Å². The molecule has 0 radical (unpaired) electrons. The van der Waals surface area contributed by atoms with Crippen molar-refractivity contribution in [1.82, 2.24) is 15.2 Å². The number of para-hydroxylation sites is 1. The molecule has 1 fully saturated rings. The number of hydrogen-bond donors (Lipinski definition) is 2. The highest BCUT2D eigenvalue weighted by Gasteiger charge is 2.21. The lowest BCUT2D eigenvalue weighted by atomic mass is 10.2. The lowest BCUT2D eigenvalue weighted by molar-refractivity contribution is -0.131. The monoisotopic (exact) mass is 367 g/mol. The van der Waals surface area contributed by atoms with E-state index in [4.69, 9.17) is 5.73 Å². The number of nitrogens with two attached hydrogens (primary N) is 1. The molecular weight excluding hydrogens is 342 g/mol. The summed E-state index contributed by atoms with van der Waals surface area (Å²) in [4.78, 5) is 32.5. The van der Waals surface area contributed by atoms with Gasteiger partial charge in [0.1, 0.15) is 0 Å². The molecule has 1 aromatic heterocycles. The molecule has 3 N–H and O–H groups in total. The van der Waals surface area contributed by atoms with Gasteiger partial charge in [0, 0.05) is 50.5 Å². The molecule has 2 amide bonds. The summed E-state index contributed by atoms with van der Waals surface area (Å²) in [5.41, 5.74) is 7.99. The number of anilines is 2. The molecule has 0 saturated carbocycles. The lowest BCUT2D eigenvalue weighted by Gasteiger charge is -2.36. The van der Waals surface area contributed by atoms with Crippen molar-refractivity contribution in [2.45, 2.75) is 12.8 Å². The number of aromatic nitrogens is 1. The number of rotatable bonds is 6. The van der Waals surface area contributed by atoms with Crippen LogP contribution in [0.25, 0.3) is 0 Å². The number of nitrogen functional groups attached to an aromatic ring is 1. The Morgan fingerprint density at radius 3 is 2.44 bits per heavy atom. The van der Waals surface area contributed by atoms with Crippen molar-refractivity contribution in [1.29, 1.82) is 0 Å². The summed E-state index contributed by atoms with van der Waals surface area (Å²) in [5, 5.41) is 2.78. The second-order valence-electron chi connectivity index (χ2n) is 6.56. The molecule has 1 saturated heterocycles. The predicted octanol–water partition coefficient (Wildman–Crippen LogP) is 1.06. The average molecular weight is 367 g/mol. The van der Waals surface area contributed by atoms with E-state index in [9.17, 15) is 9.59 Å². The molecule has 3 rings (SSSR count). The summed E-state index contributed by atoms with van der Waals surface area (Å²) in [7, 11) is 0. The number of nitrogens with one attached hydrogen (secondary N) is 1. The fourth-order valence-electron chi connectivity index (χ4n) is 3.09. The second kappa shape index (κ2) is 9.02. The predicted molar refractivity (Wildman–Crippen MR) is 105 cm³/mol. The molecule has 27 heavy (non-hydrogen) atoms. The van der Waals surface area contributed by atoms with E-state index in [1.807, 2.05) is 23.1 Å². The number of pyridine rings is 1. The van der Waals surface area contributed by atoms with Gasteiger partial charge in [-0.15, -0.1) is 0 Å². The van der Waals surface area contributed by atoms with Crippen molar-refractivity contribution in [2.24, 2.45) is 0 Å². The Morgan fingerprint density at radius 1 is 1.04 bits per heavy atom. The normalized spacial score (nSPS) is 14.1. The fourth-order valence-corrected chi connectivity index (χ4v) is 3.09. The smallest absolute Gasteiger partial charge is 0.226 e. The molecule has 1 aromatic carbocycles. The number of carbonyl (C=O) groups excluding carboxylic acids is 2. The summed E-state index contributed by atoms with van der Waals surface area (Å²) < 4.78 is 0. The van der Waals surface area contributed by atoms with Gasteiger partial charge in [-0.2, -0.15) is 0 Å². The first-order valence-corrected chi connectivity index (χ1v) is 9.17. The Bertz CT molecular complexity index is 756. The zero-order chi connectivity index (χ0) is 19.1. The lowest BCUT2D eigenvalue weighted by Crippen LogP contribution is -2.49. The SMILES string of the molecule is Nc1ccc(CC(=O)NCCC(=O)N2CCN(c3ccccc3)CC2)nc1. The van der Waals surface area contributed by atoms with E-state index in [2.05, 4.69) is 27.3 Å². The summed E-state index contributed by atoms with van der Waals surface area (Å²) in [5.74, 6) is -0.0670. The largest absolute Gasteiger partial charge is 0.397 e. The van der Waals surface area contributed by atoms with Crippen molar-refractivity contribution in [3.05, 3.63) is 54.4 Å². The molecule has 0 spiro atoms. The molecule has 142 valence electrons. The highest BCUT2D eigenvalue weighted by Crippen LogP contribution is 2.15. The van der Waals surface area contributed by atoms with Crippen LogP contribution < -0.4 is 16.0 Å². The molecular formula is C20H25N5O2. The number of hydrogen-bond acceptors (Lipinski definition) is 5. The van der Waals surface area contributed by atoms with Gasteiger partial charge in [0.25, 0.3) is 0 Å². The Morgan fingerprint density at radius 2 is 1.78 bits per heavy atom. The van der Waals surface area contributed by atoms with Crippen LogP contribution >= 0.6 is 0 Å². The minimum atomic E-state index is -0.144. The van der Waals surface area contributed by atoms with Gasteiger partial charge in [0.05, 0.1) is 18.3 Å². The van der Waals surface area contributed by atoms with E-state index >= 15 is 0 Å². The van der Waals surface area contributed by atoms with Crippen molar-refractivity contribution in [3.63, 3.8) is 0 Å². The quantitative estimate of drug-likeness (QED) is 0.797. The third kappa shape index (κ3) is 5.44. The molecule has 1 aliphatic heterocycles. The number of piperazine rings is 1. The molecule has 2 heterocycles. The Hall–Kier alpha value is -3.09. The van der Waals surface area contributed by atoms with Crippen molar-refractivity contribution in [3.8, 4) is 0 Å². The molecule has 2 aromatic rings. The first kappa shape index (κ1) is 18.7. The highest BCUT2D eigenvalue weighted by atomic mass is 16.2. The minimum absolute atomic E-state index is 0.0774. The zero-order valence-corrected chi connectivity index (χ0v) is 15.3. The van der Waals surface area contributed by atoms with E-state index < -0.39 is 0 Å². The molecule has 7 heteroatoms. The van der Waals surface area contributed by atoms with E-state index in [0.717, 1.165) is 13.1 Å². The average Bonchev–Trinajstić information content (AvgIpc) is 2.70. The van der Waals surface area contributed by atoms with Crippen LogP contribution in [0.15, 0.2) is 48.7 Å². The molecule has 0 atom stereocenters. The van der Waals surface area contributed by atoms with Crippen LogP contribution in [0.4, 0.5) is 11.4 Å². The maximum atomic E-state index is 12.3. The maximum absolute atomic E-state index is 12.3. The van der Waals surface area contributed by atoms with Gasteiger partial charge >= 0.3 is 0 Å². The molecule has 7 nitrogen and oxygen atoms in total. The number of amides is 2. The van der Waals surface area contributed by atoms with Gasteiger partial charge < -0.3 is 20.9 Å². The van der Waals surface area contributed by atoms with Gasteiger partial charge in [0.15, 0.2) is 0 Å². The number of carbonyl (C=O) groups is 2. The van der Waals surface area contributed by atoms with Crippen LogP contribution in [-0.2, 0) is 16.0 Å². The Balaban J connectivity index is 1.36. The topological polar surface area (TPSA) is 91.6 Å². The Labute approximate surface area is 159 Å². The second-order valence-corrected chi connectivity index (χ2v) is 6.56. The van der Waals surface area contributed by atoms with E-state index in [-0.39, 0.29) is 18.2 Å². The molecule has 0 unspecified atom stereocenters. The first-order chi connectivity index (χ1) is 13.1. The van der Waals surface area contributed by atoms with Crippen molar-refractivity contribution in [2.75, 3.05) is 43.4 Å². The van der Waals surface area contributed by atoms with Crippen LogP contribution in [0.3, 0.4) is 0 Å². The number of benzene rings is 1. The Kier molecular flexibility index (Phi) is 6.25. The summed E-state index contributed by atoms with van der Waals surface area (Å²) in [6.45, 7) is 3.40. The summed E-state index contributed by atoms with van der Waals surface area (Å²) in [6, 6.07) is 13.7. The summed E-state index contributed by atoms with van der Waals surface area (Å²) in [6.07, 6.45) is 2.03. The van der Waals surface area contributed by atoms with Gasteiger partial charge in [-0.25, -0.2) is 0 Å². The maximum Gasteiger partial charge on any atom is 0.226 e. The third-order valence-electron chi connectivity index (χ3n) is 4.60. The highest BCUT2D eigenvalue weighted by molar-refractivity contribution is 5.80. The summed E-state index contributed by atoms with van der Waals surface area (Å²) >= 11 is 0. The van der Waals surface area contributed by atoms with Crippen LogP contribution in [-0.4, -0.2) is 54.4 Å². The van der Waals surface area contributed by atoms with Crippen LogP contribution in [0.1, 0.15) is 12.1 Å². The van der Waals surface area contributed by atoms with E-state index in [1.165, 1.54) is 11.9 Å². The third-order valence-corrected chi connectivity index (χ3v) is 4.60. The van der Waals surface area contributed by atoms with Crippen LogP contribution in [0.5, 0.6) is 0 Å². The van der Waals surface area contributed by atoms with Gasteiger partial charge in [-0.1, -0.05) is 18.2 Å². The molecule has 0 aliphatic carbocycles. The molecule has 1 aliphatic rings. The zero-order valence-electron chi connectivity index (χ0n) is 15.3. The van der Waals surface area contributed by atoms with Crippen LogP contribution in [0.2, 0.25) is 0 Å². The number of nitrogens with zero attached hydrogens (tertiary/aromatic N) is 3. The van der Waals surface area contributed by atoms with Gasteiger partial charge in [-0.3, -0.25) is 14.6 Å². The van der Waals surface area contributed by atoms with Gasteiger partial charge in [0.2, 0.25) is 11.8 Å². The van der Waals surface area contributed by atoms with Gasteiger partial charge in [-0.05, 0) is 24.3 Å². The van der Waals surface area contributed by atoms with E-state index in [0.29, 0.717) is 37.4 Å². The first-order valence-electron chi connectivity index (χ1n) is 9.17. The standard InChI is InChI=1S/C20H25N5O2/c21-16-6-7-17(23-15-16)14-19(26)22-9-8-20(27)25-12-10-24(11-13-25)18-4-2-1-3-5-18/h1-7,15H,8-14,21H2,(H,22,26). The van der Waals surface area contributed by atoms with Crippen molar-refractivity contribution >= 4 is 23.2 Å². The fraction of sp³-hybridized carbons (Fsp3) is 0.350. The van der Waals surface area contributed by atoms with Crippen LogP contribution in [0, 0.1) is 0 Å². The molecule has 0 bridgehead atoms. The van der Waals surface area contributed by atoms with E-state index in [1.54, 1.807) is 12.1 Å². The minimum Gasteiger partial charge on any atom is -0.397 e.